The normalized spacial score (nSPS) is 10.7. The zero-order valence-electron chi connectivity index (χ0n) is 20.0. The molecule has 1 aromatic carbocycles. The minimum Gasteiger partial charge on any atom is -0.490 e. The van der Waals surface area contributed by atoms with Gasteiger partial charge in [-0.15, -0.1) is 0 Å². The van der Waals surface area contributed by atoms with Crippen LogP contribution in [0.15, 0.2) is 12.1 Å². The van der Waals surface area contributed by atoms with E-state index in [-0.39, 0.29) is 5.91 Å². The number of hydrogen-bond donors (Lipinski definition) is 2. The van der Waals surface area contributed by atoms with E-state index in [9.17, 15) is 4.79 Å². The van der Waals surface area contributed by atoms with Gasteiger partial charge in [0.2, 0.25) is 5.75 Å². The Bertz CT molecular complexity index is 572. The molecule has 1 rings (SSSR count). The largest absolute Gasteiger partial charge is 0.490 e. The fourth-order valence-corrected chi connectivity index (χ4v) is 3.27. The summed E-state index contributed by atoms with van der Waals surface area (Å²) in [7, 11) is 0. The van der Waals surface area contributed by atoms with Crippen molar-refractivity contribution < 1.29 is 19.0 Å². The Morgan fingerprint density at radius 1 is 0.710 bits per heavy atom. The van der Waals surface area contributed by atoms with E-state index >= 15 is 0 Å². The molecule has 1 amide bonds. The van der Waals surface area contributed by atoms with Crippen LogP contribution in [0, 0.1) is 0 Å². The lowest BCUT2D eigenvalue weighted by Gasteiger charge is -2.18. The average Bonchev–Trinajstić information content (AvgIpc) is 2.78. The first-order valence-electron chi connectivity index (χ1n) is 12.2. The molecule has 0 unspecified atom stereocenters. The molecule has 0 heterocycles. The maximum atomic E-state index is 12.2. The molecule has 1 aromatic rings. The van der Waals surface area contributed by atoms with E-state index in [2.05, 4.69) is 26.2 Å². The van der Waals surface area contributed by atoms with Crippen LogP contribution in [0.25, 0.3) is 0 Å². The minimum atomic E-state index is -0.374. The third-order valence-corrected chi connectivity index (χ3v) is 5.17. The van der Waals surface area contributed by atoms with Crippen LogP contribution >= 0.6 is 0 Å². The van der Waals surface area contributed by atoms with E-state index < -0.39 is 0 Å². The summed E-state index contributed by atoms with van der Waals surface area (Å²) in [5.74, 6) is 6.69. The Morgan fingerprint density at radius 3 is 1.52 bits per heavy atom. The third-order valence-electron chi connectivity index (χ3n) is 5.17. The van der Waals surface area contributed by atoms with Crippen LogP contribution in [0.2, 0.25) is 0 Å². The zero-order chi connectivity index (χ0) is 22.7. The number of ether oxygens (including phenoxy) is 3. The number of benzene rings is 1. The summed E-state index contributed by atoms with van der Waals surface area (Å²) in [5.41, 5.74) is 2.61. The Morgan fingerprint density at radius 2 is 1.13 bits per heavy atom. The van der Waals surface area contributed by atoms with Crippen LogP contribution in [0.4, 0.5) is 0 Å². The highest BCUT2D eigenvalue weighted by Gasteiger charge is 2.18. The molecule has 6 nitrogen and oxygen atoms in total. The predicted molar refractivity (Wildman–Crippen MR) is 127 cm³/mol. The van der Waals surface area contributed by atoms with E-state index in [0.29, 0.717) is 42.6 Å². The second-order valence-corrected chi connectivity index (χ2v) is 8.00. The highest BCUT2D eigenvalue weighted by atomic mass is 16.5. The topological polar surface area (TPSA) is 82.8 Å². The number of nitrogens with two attached hydrogens (primary N) is 1. The molecule has 0 fully saturated rings. The number of carbonyl (C=O) groups is 1. The van der Waals surface area contributed by atoms with Gasteiger partial charge in [0.15, 0.2) is 11.5 Å². The second kappa shape index (κ2) is 17.7. The fraction of sp³-hybridized carbons (Fsp3) is 0.720. The van der Waals surface area contributed by atoms with Crippen LogP contribution in [-0.2, 0) is 0 Å². The van der Waals surface area contributed by atoms with Crippen molar-refractivity contribution >= 4 is 5.91 Å². The predicted octanol–water partition coefficient (Wildman–Crippen LogP) is 6.17. The molecular formula is C25H44N2O4. The van der Waals surface area contributed by atoms with Gasteiger partial charge in [0.1, 0.15) is 0 Å². The van der Waals surface area contributed by atoms with Crippen LogP contribution in [0.3, 0.4) is 0 Å². The Labute approximate surface area is 189 Å². The van der Waals surface area contributed by atoms with Gasteiger partial charge >= 0.3 is 0 Å². The highest BCUT2D eigenvalue weighted by molar-refractivity contribution is 5.95. The van der Waals surface area contributed by atoms with E-state index in [4.69, 9.17) is 20.1 Å². The van der Waals surface area contributed by atoms with Crippen molar-refractivity contribution in [1.29, 1.82) is 0 Å². The first kappa shape index (κ1) is 27.1. The molecule has 6 heteroatoms. The van der Waals surface area contributed by atoms with Crippen molar-refractivity contribution in [1.82, 2.24) is 5.43 Å². The fourth-order valence-electron chi connectivity index (χ4n) is 3.27. The Kier molecular flexibility index (Phi) is 15.5. The summed E-state index contributed by atoms with van der Waals surface area (Å²) in [4.78, 5) is 12.2. The van der Waals surface area contributed by atoms with Crippen molar-refractivity contribution in [2.45, 2.75) is 97.8 Å². The van der Waals surface area contributed by atoms with Gasteiger partial charge in [0.05, 0.1) is 19.8 Å². The summed E-state index contributed by atoms with van der Waals surface area (Å²) in [6.45, 7) is 8.32. The van der Waals surface area contributed by atoms with Gasteiger partial charge in [0.25, 0.3) is 5.91 Å². The average molecular weight is 437 g/mol. The summed E-state index contributed by atoms with van der Waals surface area (Å²) in [6, 6.07) is 3.40. The van der Waals surface area contributed by atoms with E-state index in [1.165, 1.54) is 38.5 Å². The van der Waals surface area contributed by atoms with Gasteiger partial charge in [-0.2, -0.15) is 0 Å². The molecule has 0 bridgehead atoms. The number of amides is 1. The van der Waals surface area contributed by atoms with Gasteiger partial charge < -0.3 is 14.2 Å². The molecule has 178 valence electrons. The number of hydrogen-bond acceptors (Lipinski definition) is 5. The quantitative estimate of drug-likeness (QED) is 0.117. The number of nitrogens with one attached hydrogen (secondary N) is 1. The molecule has 0 spiro atoms. The van der Waals surface area contributed by atoms with Gasteiger partial charge in [-0.1, -0.05) is 78.6 Å². The summed E-state index contributed by atoms with van der Waals surface area (Å²) in [6.07, 6.45) is 13.4. The molecule has 0 radical (unpaired) electrons. The number of unbranched alkanes of at least 4 members (excludes halogenated alkanes) is 9. The zero-order valence-corrected chi connectivity index (χ0v) is 20.0. The summed E-state index contributed by atoms with van der Waals surface area (Å²) in [5, 5.41) is 0. The van der Waals surface area contributed by atoms with Crippen molar-refractivity contribution in [3.63, 3.8) is 0 Å². The molecule has 0 saturated heterocycles. The van der Waals surface area contributed by atoms with E-state index in [0.717, 1.165) is 38.5 Å². The van der Waals surface area contributed by atoms with Crippen molar-refractivity contribution in [3.05, 3.63) is 17.7 Å². The molecule has 3 N–H and O–H groups in total. The van der Waals surface area contributed by atoms with Crippen molar-refractivity contribution in [2.24, 2.45) is 5.84 Å². The monoisotopic (exact) mass is 436 g/mol. The minimum absolute atomic E-state index is 0.374. The van der Waals surface area contributed by atoms with E-state index in [1.807, 2.05) is 0 Å². The van der Waals surface area contributed by atoms with Crippen molar-refractivity contribution in [2.75, 3.05) is 19.8 Å². The third kappa shape index (κ3) is 11.3. The molecule has 0 saturated carbocycles. The van der Waals surface area contributed by atoms with Crippen LogP contribution < -0.4 is 25.5 Å². The lowest BCUT2D eigenvalue weighted by atomic mass is 10.1. The molecule has 0 aliphatic rings. The van der Waals surface area contributed by atoms with Crippen LogP contribution in [0.1, 0.15) is 108 Å². The maximum Gasteiger partial charge on any atom is 0.265 e. The smallest absolute Gasteiger partial charge is 0.265 e. The van der Waals surface area contributed by atoms with E-state index in [1.54, 1.807) is 12.1 Å². The highest BCUT2D eigenvalue weighted by Crippen LogP contribution is 2.39. The Balaban J connectivity index is 2.98. The van der Waals surface area contributed by atoms with Crippen LogP contribution in [0.5, 0.6) is 17.2 Å². The van der Waals surface area contributed by atoms with Crippen molar-refractivity contribution in [3.8, 4) is 17.2 Å². The van der Waals surface area contributed by atoms with Gasteiger partial charge in [-0.3, -0.25) is 10.2 Å². The Hall–Kier alpha value is -1.95. The first-order valence-corrected chi connectivity index (χ1v) is 12.2. The second-order valence-electron chi connectivity index (χ2n) is 8.00. The summed E-state index contributed by atoms with van der Waals surface area (Å²) >= 11 is 0. The number of rotatable bonds is 19. The lowest BCUT2D eigenvalue weighted by molar-refractivity contribution is 0.0952. The molecule has 0 atom stereocenters. The standard InChI is InChI=1S/C25H44N2O4/c1-4-7-10-13-16-29-22-19-21(25(28)27-26)20-23(30-17-14-11-8-5-2)24(22)31-18-15-12-9-6-3/h19-20H,4-18,26H2,1-3H3,(H,27,28). The molecular weight excluding hydrogens is 392 g/mol. The molecule has 0 aromatic heterocycles. The maximum absolute atomic E-state index is 12.2. The summed E-state index contributed by atoms with van der Waals surface area (Å²) < 4.78 is 18.2. The van der Waals surface area contributed by atoms with Gasteiger partial charge in [-0.05, 0) is 31.4 Å². The number of carbonyl (C=O) groups excluding carboxylic acids is 1. The van der Waals surface area contributed by atoms with Gasteiger partial charge in [0, 0.05) is 5.56 Å². The number of hydrazine groups is 1. The molecule has 0 aliphatic carbocycles. The number of nitrogen functional groups attached to an aromatic ring is 1. The van der Waals surface area contributed by atoms with Crippen LogP contribution in [-0.4, -0.2) is 25.7 Å². The first-order chi connectivity index (χ1) is 15.2. The molecule has 31 heavy (non-hydrogen) atoms. The van der Waals surface area contributed by atoms with Gasteiger partial charge in [-0.25, -0.2) is 5.84 Å². The molecule has 0 aliphatic heterocycles. The SMILES string of the molecule is CCCCCCOc1cc(C(=O)NN)cc(OCCCCCC)c1OCCCCCC. The lowest BCUT2D eigenvalue weighted by Crippen LogP contribution is -2.30.